The van der Waals surface area contributed by atoms with Gasteiger partial charge in [-0.2, -0.15) is 13.2 Å². The van der Waals surface area contributed by atoms with Gasteiger partial charge in [0, 0.05) is 13.0 Å². The summed E-state index contributed by atoms with van der Waals surface area (Å²) in [6, 6.07) is 4.81. The molecule has 0 radical (unpaired) electrons. The van der Waals surface area contributed by atoms with Crippen molar-refractivity contribution in [3.8, 4) is 0 Å². The van der Waals surface area contributed by atoms with Crippen LogP contribution in [0.3, 0.4) is 0 Å². The van der Waals surface area contributed by atoms with E-state index in [1.54, 1.807) is 6.92 Å². The first kappa shape index (κ1) is 16.8. The van der Waals surface area contributed by atoms with E-state index >= 15 is 0 Å². The molecule has 1 atom stereocenters. The second-order valence-corrected chi connectivity index (χ2v) is 6.10. The summed E-state index contributed by atoms with van der Waals surface area (Å²) in [6.07, 6.45) is -1.82. The summed E-state index contributed by atoms with van der Waals surface area (Å²) in [5, 5.41) is 12.8. The monoisotopic (exact) mass is 315 g/mol. The van der Waals surface area contributed by atoms with Crippen LogP contribution in [0.4, 0.5) is 13.2 Å². The molecule has 22 heavy (non-hydrogen) atoms. The number of aliphatic hydroxyl groups is 1. The predicted octanol–water partition coefficient (Wildman–Crippen LogP) is 2.92. The molecule has 122 valence electrons. The van der Waals surface area contributed by atoms with Crippen LogP contribution in [0.25, 0.3) is 0 Å². The lowest BCUT2D eigenvalue weighted by atomic mass is 10.0. The number of carbonyl (C=O) groups is 1. The zero-order valence-corrected chi connectivity index (χ0v) is 12.4. The van der Waals surface area contributed by atoms with Gasteiger partial charge in [0.05, 0.1) is 11.2 Å². The highest BCUT2D eigenvalue weighted by molar-refractivity contribution is 5.76. The third-order valence-corrected chi connectivity index (χ3v) is 4.02. The summed E-state index contributed by atoms with van der Waals surface area (Å²) < 4.78 is 37.3. The number of aryl methyl sites for hydroxylation is 1. The number of carbonyl (C=O) groups excluding carboxylic acids is 1. The predicted molar refractivity (Wildman–Crippen MR) is 76.1 cm³/mol. The summed E-state index contributed by atoms with van der Waals surface area (Å²) >= 11 is 0. The molecule has 0 aromatic heterocycles. The number of alkyl halides is 3. The van der Waals surface area contributed by atoms with Crippen molar-refractivity contribution < 1.29 is 23.1 Å². The maximum absolute atomic E-state index is 12.4. The maximum atomic E-state index is 12.4. The lowest BCUT2D eigenvalue weighted by Crippen LogP contribution is -2.42. The molecule has 3 nitrogen and oxygen atoms in total. The molecule has 1 fully saturated rings. The van der Waals surface area contributed by atoms with E-state index in [2.05, 4.69) is 5.32 Å². The average Bonchev–Trinajstić information content (AvgIpc) is 3.27. The minimum atomic E-state index is -4.34. The molecule has 2 rings (SSSR count). The Bertz CT molecular complexity index is 519. The third-order valence-electron chi connectivity index (χ3n) is 4.02. The van der Waals surface area contributed by atoms with Gasteiger partial charge < -0.3 is 10.4 Å². The van der Waals surface area contributed by atoms with Crippen LogP contribution in [0.15, 0.2) is 24.3 Å². The molecule has 1 aromatic rings. The van der Waals surface area contributed by atoms with Crippen molar-refractivity contribution in [3.63, 3.8) is 0 Å². The van der Waals surface area contributed by atoms with Gasteiger partial charge in [0.1, 0.15) is 0 Å². The van der Waals surface area contributed by atoms with Gasteiger partial charge in [0.2, 0.25) is 5.91 Å². The third kappa shape index (κ3) is 4.73. The molecule has 1 aromatic carbocycles. The van der Waals surface area contributed by atoms with E-state index in [9.17, 15) is 23.1 Å². The maximum Gasteiger partial charge on any atom is 0.416 e. The van der Waals surface area contributed by atoms with E-state index in [1.165, 1.54) is 12.1 Å². The molecule has 1 amide bonds. The highest BCUT2D eigenvalue weighted by atomic mass is 19.4. The Hall–Kier alpha value is -1.56. The molecule has 1 aliphatic carbocycles. The minimum Gasteiger partial charge on any atom is -0.388 e. The molecule has 0 heterocycles. The molecule has 1 saturated carbocycles. The Morgan fingerprint density at radius 1 is 1.27 bits per heavy atom. The zero-order valence-electron chi connectivity index (χ0n) is 12.4. The molecule has 0 unspecified atom stereocenters. The first-order valence-electron chi connectivity index (χ1n) is 7.34. The smallest absolute Gasteiger partial charge is 0.388 e. The number of amides is 1. The van der Waals surface area contributed by atoms with Crippen molar-refractivity contribution >= 4 is 5.91 Å². The van der Waals surface area contributed by atoms with Crippen LogP contribution in [0.5, 0.6) is 0 Å². The van der Waals surface area contributed by atoms with E-state index in [-0.39, 0.29) is 24.8 Å². The summed E-state index contributed by atoms with van der Waals surface area (Å²) in [5.74, 6) is 0.0449. The van der Waals surface area contributed by atoms with Crippen LogP contribution in [-0.4, -0.2) is 23.2 Å². The van der Waals surface area contributed by atoms with Gasteiger partial charge in [-0.25, -0.2) is 0 Å². The lowest BCUT2D eigenvalue weighted by Gasteiger charge is -2.23. The van der Waals surface area contributed by atoms with Crippen molar-refractivity contribution in [1.29, 1.82) is 0 Å². The van der Waals surface area contributed by atoms with Crippen LogP contribution < -0.4 is 5.32 Å². The topological polar surface area (TPSA) is 49.3 Å². The molecule has 0 aliphatic heterocycles. The van der Waals surface area contributed by atoms with Crippen LogP contribution in [0, 0.1) is 5.92 Å². The van der Waals surface area contributed by atoms with Crippen LogP contribution in [0.2, 0.25) is 0 Å². The van der Waals surface area contributed by atoms with Gasteiger partial charge in [-0.05, 0) is 49.8 Å². The fourth-order valence-electron chi connectivity index (χ4n) is 2.33. The summed E-state index contributed by atoms with van der Waals surface area (Å²) in [7, 11) is 0. The zero-order chi connectivity index (χ0) is 16.4. The van der Waals surface area contributed by atoms with E-state index in [0.29, 0.717) is 12.0 Å². The number of hydrogen-bond donors (Lipinski definition) is 2. The number of benzene rings is 1. The number of nitrogens with one attached hydrogen (secondary N) is 1. The Kier molecular flexibility index (Phi) is 4.80. The Labute approximate surface area is 127 Å². The number of hydrogen-bond acceptors (Lipinski definition) is 2. The van der Waals surface area contributed by atoms with Gasteiger partial charge in [-0.1, -0.05) is 12.1 Å². The van der Waals surface area contributed by atoms with Crippen molar-refractivity contribution in [2.75, 3.05) is 6.54 Å². The Morgan fingerprint density at radius 3 is 2.36 bits per heavy atom. The summed E-state index contributed by atoms with van der Waals surface area (Å²) in [6.45, 7) is 1.92. The average molecular weight is 315 g/mol. The second kappa shape index (κ2) is 6.28. The molecular formula is C16H20F3NO2. The van der Waals surface area contributed by atoms with E-state index in [1.807, 2.05) is 0 Å². The largest absolute Gasteiger partial charge is 0.416 e. The Balaban J connectivity index is 1.76. The molecule has 0 spiro atoms. The SMILES string of the molecule is C[C@](O)(CNC(=O)CCc1ccc(C(F)(F)F)cc1)C1CC1. The summed E-state index contributed by atoms with van der Waals surface area (Å²) in [4.78, 5) is 11.7. The highest BCUT2D eigenvalue weighted by Gasteiger charge is 2.39. The second-order valence-electron chi connectivity index (χ2n) is 6.10. The normalized spacial score (nSPS) is 17.9. The van der Waals surface area contributed by atoms with Crippen molar-refractivity contribution in [3.05, 3.63) is 35.4 Å². The number of rotatable bonds is 6. The first-order chi connectivity index (χ1) is 10.2. The molecule has 2 N–H and O–H groups in total. The molecule has 0 saturated heterocycles. The highest BCUT2D eigenvalue weighted by Crippen LogP contribution is 2.39. The van der Waals surface area contributed by atoms with Gasteiger partial charge in [-0.3, -0.25) is 4.79 Å². The lowest BCUT2D eigenvalue weighted by molar-refractivity contribution is -0.137. The van der Waals surface area contributed by atoms with Gasteiger partial charge in [-0.15, -0.1) is 0 Å². The van der Waals surface area contributed by atoms with Gasteiger partial charge in [0.15, 0.2) is 0 Å². The van der Waals surface area contributed by atoms with Crippen LogP contribution in [-0.2, 0) is 17.4 Å². The molecular weight excluding hydrogens is 295 g/mol. The fraction of sp³-hybridized carbons (Fsp3) is 0.562. The molecule has 6 heteroatoms. The van der Waals surface area contributed by atoms with Gasteiger partial charge >= 0.3 is 6.18 Å². The van der Waals surface area contributed by atoms with E-state index in [0.717, 1.165) is 25.0 Å². The Morgan fingerprint density at radius 2 is 1.86 bits per heavy atom. The standard InChI is InChI=1S/C16H20F3NO2/c1-15(22,12-7-8-12)10-20-14(21)9-4-11-2-5-13(6-3-11)16(17,18)19/h2-3,5-6,12,22H,4,7-10H2,1H3,(H,20,21)/t15-/m0/s1. The van der Waals surface area contributed by atoms with Crippen LogP contribution >= 0.6 is 0 Å². The van der Waals surface area contributed by atoms with Crippen molar-refractivity contribution in [1.82, 2.24) is 5.32 Å². The molecule has 1 aliphatic rings. The first-order valence-corrected chi connectivity index (χ1v) is 7.34. The fourth-order valence-corrected chi connectivity index (χ4v) is 2.33. The number of halogens is 3. The quantitative estimate of drug-likeness (QED) is 0.848. The van der Waals surface area contributed by atoms with Crippen molar-refractivity contribution in [2.24, 2.45) is 5.92 Å². The minimum absolute atomic E-state index is 0.187. The van der Waals surface area contributed by atoms with Gasteiger partial charge in [0.25, 0.3) is 0 Å². The molecule has 0 bridgehead atoms. The van der Waals surface area contributed by atoms with E-state index < -0.39 is 17.3 Å². The van der Waals surface area contributed by atoms with E-state index in [4.69, 9.17) is 0 Å². The summed E-state index contributed by atoms with van der Waals surface area (Å²) in [5.41, 5.74) is -0.886. The van der Waals surface area contributed by atoms with Crippen molar-refractivity contribution in [2.45, 2.75) is 44.4 Å². The van der Waals surface area contributed by atoms with Crippen LogP contribution in [0.1, 0.15) is 37.3 Å².